The number of likely N-dealkylation sites (tertiary alicyclic amines) is 1. The molecule has 0 radical (unpaired) electrons. The first kappa shape index (κ1) is 18.7. The molecule has 0 bridgehead atoms. The number of hydrogen-bond acceptors (Lipinski definition) is 5. The maximum absolute atomic E-state index is 12.7. The molecule has 24 heavy (non-hydrogen) atoms. The van der Waals surface area contributed by atoms with Gasteiger partial charge in [-0.15, -0.1) is 0 Å². The standard InChI is InChI=1S/C17H29N3O4/c1-4-24-17(23)14-13(19-14)15(21)18-12(10-11(2)3)16(22)20-8-6-5-7-9-20/h11-14,19H,4-10H2,1-3H3,(H,18,21)/t12-,13-,14-/m0/s1. The van der Waals surface area contributed by atoms with Crippen LogP contribution in [-0.2, 0) is 19.1 Å². The molecule has 2 saturated heterocycles. The molecule has 2 N–H and O–H groups in total. The molecular weight excluding hydrogens is 310 g/mol. The lowest BCUT2D eigenvalue weighted by molar-refractivity contribution is -0.143. The molecule has 0 unspecified atom stereocenters. The van der Waals surface area contributed by atoms with E-state index in [0.29, 0.717) is 6.42 Å². The molecule has 0 aromatic rings. The van der Waals surface area contributed by atoms with Gasteiger partial charge in [0.2, 0.25) is 11.8 Å². The summed E-state index contributed by atoms with van der Waals surface area (Å²) in [5, 5.41) is 5.65. The molecule has 2 aliphatic heterocycles. The normalized spacial score (nSPS) is 24.4. The first-order valence-corrected chi connectivity index (χ1v) is 8.95. The van der Waals surface area contributed by atoms with Crippen molar-refractivity contribution in [2.24, 2.45) is 5.92 Å². The van der Waals surface area contributed by atoms with Crippen molar-refractivity contribution in [1.29, 1.82) is 0 Å². The molecule has 3 atom stereocenters. The molecular formula is C17H29N3O4. The van der Waals surface area contributed by atoms with Crippen molar-refractivity contribution in [3.8, 4) is 0 Å². The molecule has 136 valence electrons. The highest BCUT2D eigenvalue weighted by Crippen LogP contribution is 2.17. The average Bonchev–Trinajstić information content (AvgIpc) is 3.35. The molecule has 2 rings (SSSR count). The van der Waals surface area contributed by atoms with Crippen LogP contribution in [0.4, 0.5) is 0 Å². The Morgan fingerprint density at radius 2 is 1.83 bits per heavy atom. The van der Waals surface area contributed by atoms with Crippen molar-refractivity contribution in [2.45, 2.75) is 64.6 Å². The number of amides is 2. The highest BCUT2D eigenvalue weighted by atomic mass is 16.5. The van der Waals surface area contributed by atoms with Crippen LogP contribution in [0.25, 0.3) is 0 Å². The van der Waals surface area contributed by atoms with Crippen molar-refractivity contribution < 1.29 is 19.1 Å². The fraction of sp³-hybridized carbons (Fsp3) is 0.824. The summed E-state index contributed by atoms with van der Waals surface area (Å²) in [4.78, 5) is 38.6. The van der Waals surface area contributed by atoms with Crippen LogP contribution in [0.5, 0.6) is 0 Å². The molecule has 7 heteroatoms. The quantitative estimate of drug-likeness (QED) is 0.518. The topological polar surface area (TPSA) is 97.6 Å². The largest absolute Gasteiger partial charge is 0.465 e. The van der Waals surface area contributed by atoms with E-state index in [4.69, 9.17) is 4.74 Å². The third-order valence-electron chi connectivity index (χ3n) is 4.40. The molecule has 2 heterocycles. The summed E-state index contributed by atoms with van der Waals surface area (Å²) in [6.07, 6.45) is 3.78. The molecule has 2 fully saturated rings. The Morgan fingerprint density at radius 1 is 1.17 bits per heavy atom. The van der Waals surface area contributed by atoms with E-state index in [1.54, 1.807) is 6.92 Å². The van der Waals surface area contributed by atoms with Crippen molar-refractivity contribution >= 4 is 17.8 Å². The van der Waals surface area contributed by atoms with Gasteiger partial charge < -0.3 is 15.0 Å². The molecule has 7 nitrogen and oxygen atoms in total. The second kappa shape index (κ2) is 8.46. The molecule has 2 aliphatic rings. The second-order valence-corrected chi connectivity index (χ2v) is 6.95. The minimum absolute atomic E-state index is 0.00918. The Morgan fingerprint density at radius 3 is 2.42 bits per heavy atom. The van der Waals surface area contributed by atoms with E-state index < -0.39 is 24.1 Å². The van der Waals surface area contributed by atoms with Crippen LogP contribution in [0.3, 0.4) is 0 Å². The summed E-state index contributed by atoms with van der Waals surface area (Å²) in [5.74, 6) is -0.438. The number of carbonyl (C=O) groups excluding carboxylic acids is 3. The third kappa shape index (κ3) is 4.93. The fourth-order valence-electron chi connectivity index (χ4n) is 3.09. The number of hydrogen-bond donors (Lipinski definition) is 2. The van der Waals surface area contributed by atoms with Crippen molar-refractivity contribution in [1.82, 2.24) is 15.5 Å². The van der Waals surface area contributed by atoms with Gasteiger partial charge in [-0.2, -0.15) is 0 Å². The number of esters is 1. The van der Waals surface area contributed by atoms with E-state index in [1.807, 2.05) is 18.7 Å². The lowest BCUT2D eigenvalue weighted by Crippen LogP contribution is -2.51. The number of nitrogens with one attached hydrogen (secondary N) is 2. The molecule has 0 spiro atoms. The van der Waals surface area contributed by atoms with Gasteiger partial charge in [0.1, 0.15) is 18.1 Å². The smallest absolute Gasteiger partial charge is 0.325 e. The van der Waals surface area contributed by atoms with Gasteiger partial charge in [0.05, 0.1) is 6.61 Å². The van der Waals surface area contributed by atoms with E-state index >= 15 is 0 Å². The van der Waals surface area contributed by atoms with Gasteiger partial charge in [-0.3, -0.25) is 19.7 Å². The lowest BCUT2D eigenvalue weighted by Gasteiger charge is -2.31. The molecule has 0 aliphatic carbocycles. The minimum atomic E-state index is -0.590. The highest BCUT2D eigenvalue weighted by molar-refractivity contribution is 5.97. The zero-order valence-corrected chi connectivity index (χ0v) is 14.8. The zero-order valence-electron chi connectivity index (χ0n) is 14.8. The number of rotatable bonds is 7. The first-order chi connectivity index (χ1) is 11.4. The number of nitrogens with zero attached hydrogens (tertiary/aromatic N) is 1. The van der Waals surface area contributed by atoms with Gasteiger partial charge in [0, 0.05) is 13.1 Å². The summed E-state index contributed by atoms with van der Waals surface area (Å²) in [6, 6.07) is -1.71. The van der Waals surface area contributed by atoms with Crippen molar-refractivity contribution in [3.05, 3.63) is 0 Å². The Kier molecular flexibility index (Phi) is 6.60. The SMILES string of the molecule is CCOC(=O)[C@H]1N[C@@H]1C(=O)N[C@@H](CC(C)C)C(=O)N1CCCCC1. The Balaban J connectivity index is 1.92. The summed E-state index contributed by atoms with van der Waals surface area (Å²) in [6.45, 7) is 7.59. The van der Waals surface area contributed by atoms with Crippen LogP contribution in [-0.4, -0.2) is 60.5 Å². The Labute approximate surface area is 143 Å². The number of carbonyl (C=O) groups is 3. The Bertz CT molecular complexity index is 474. The highest BCUT2D eigenvalue weighted by Gasteiger charge is 2.49. The maximum Gasteiger partial charge on any atom is 0.325 e. The van der Waals surface area contributed by atoms with E-state index in [-0.39, 0.29) is 24.3 Å². The van der Waals surface area contributed by atoms with Crippen LogP contribution in [0.15, 0.2) is 0 Å². The lowest BCUT2D eigenvalue weighted by atomic mass is 10.0. The first-order valence-electron chi connectivity index (χ1n) is 8.95. The van der Waals surface area contributed by atoms with Crippen molar-refractivity contribution in [3.63, 3.8) is 0 Å². The second-order valence-electron chi connectivity index (χ2n) is 6.95. The van der Waals surface area contributed by atoms with Crippen LogP contribution in [0.1, 0.15) is 46.5 Å². The molecule has 0 aromatic heterocycles. The monoisotopic (exact) mass is 339 g/mol. The van der Waals surface area contributed by atoms with Crippen LogP contribution >= 0.6 is 0 Å². The van der Waals surface area contributed by atoms with Crippen LogP contribution in [0, 0.1) is 5.92 Å². The maximum atomic E-state index is 12.7. The van der Waals surface area contributed by atoms with E-state index in [2.05, 4.69) is 10.6 Å². The van der Waals surface area contributed by atoms with Gasteiger partial charge in [-0.25, -0.2) is 0 Å². The van der Waals surface area contributed by atoms with Gasteiger partial charge in [0.25, 0.3) is 0 Å². The predicted octanol–water partition coefficient (Wildman–Crippen LogP) is 0.433. The number of piperidine rings is 1. The van der Waals surface area contributed by atoms with Gasteiger partial charge in [-0.1, -0.05) is 13.8 Å². The predicted molar refractivity (Wildman–Crippen MR) is 89.2 cm³/mol. The summed E-state index contributed by atoms with van der Waals surface area (Å²) >= 11 is 0. The molecule has 0 aromatic carbocycles. The van der Waals surface area contributed by atoms with Gasteiger partial charge in [0.15, 0.2) is 0 Å². The summed E-state index contributed by atoms with van der Waals surface area (Å²) in [7, 11) is 0. The van der Waals surface area contributed by atoms with E-state index in [1.165, 1.54) is 0 Å². The summed E-state index contributed by atoms with van der Waals surface area (Å²) in [5.41, 5.74) is 0. The average molecular weight is 339 g/mol. The minimum Gasteiger partial charge on any atom is -0.465 e. The van der Waals surface area contributed by atoms with Gasteiger partial charge >= 0.3 is 5.97 Å². The number of ether oxygens (including phenoxy) is 1. The van der Waals surface area contributed by atoms with E-state index in [9.17, 15) is 14.4 Å². The van der Waals surface area contributed by atoms with Crippen LogP contribution in [0.2, 0.25) is 0 Å². The van der Waals surface area contributed by atoms with Gasteiger partial charge in [-0.05, 0) is 38.5 Å². The van der Waals surface area contributed by atoms with Crippen LogP contribution < -0.4 is 10.6 Å². The fourth-order valence-corrected chi connectivity index (χ4v) is 3.09. The van der Waals surface area contributed by atoms with E-state index in [0.717, 1.165) is 32.4 Å². The Hall–Kier alpha value is -1.63. The molecule has 2 amide bonds. The third-order valence-corrected chi connectivity index (χ3v) is 4.40. The molecule has 0 saturated carbocycles. The van der Waals surface area contributed by atoms with Crippen molar-refractivity contribution in [2.75, 3.05) is 19.7 Å². The zero-order chi connectivity index (χ0) is 17.7. The summed E-state index contributed by atoms with van der Waals surface area (Å²) < 4.78 is 4.90.